The predicted molar refractivity (Wildman–Crippen MR) is 91.7 cm³/mol. The average Bonchev–Trinajstić information content (AvgIpc) is 3.18. The van der Waals surface area contributed by atoms with Crippen LogP contribution in [0.4, 0.5) is 0 Å². The van der Waals surface area contributed by atoms with Gasteiger partial charge in [0, 0.05) is 22.0 Å². The van der Waals surface area contributed by atoms with Crippen LogP contribution in [0.15, 0.2) is 47.7 Å². The molecule has 0 aliphatic rings. The standard InChI is InChI=1S/C17H17N3OS/c1-3-12-8-9-16(22-12)11(2)19-20-17(21)14-10-18-15-7-5-4-6-13(14)15/h4-10,18H,3H2,1-2H3,(H,20,21)/b19-11+. The van der Waals surface area contributed by atoms with E-state index in [4.69, 9.17) is 0 Å². The SMILES string of the molecule is CCc1ccc(/C(C)=N/NC(=O)c2c[nH]c3ccccc23)s1. The van der Waals surface area contributed by atoms with E-state index in [-0.39, 0.29) is 5.91 Å². The number of aromatic nitrogens is 1. The van der Waals surface area contributed by atoms with Crippen molar-refractivity contribution in [2.24, 2.45) is 5.10 Å². The van der Waals surface area contributed by atoms with Gasteiger partial charge < -0.3 is 4.98 Å². The van der Waals surface area contributed by atoms with Gasteiger partial charge in [0.2, 0.25) is 0 Å². The van der Waals surface area contributed by atoms with Crippen molar-refractivity contribution in [3.8, 4) is 0 Å². The molecule has 22 heavy (non-hydrogen) atoms. The number of hydrogen-bond acceptors (Lipinski definition) is 3. The van der Waals surface area contributed by atoms with E-state index < -0.39 is 0 Å². The summed E-state index contributed by atoms with van der Waals surface area (Å²) in [7, 11) is 0. The number of hydrogen-bond donors (Lipinski definition) is 2. The summed E-state index contributed by atoms with van der Waals surface area (Å²) in [6.45, 7) is 4.03. The maximum atomic E-state index is 12.3. The first-order valence-electron chi connectivity index (χ1n) is 7.19. The molecule has 1 aromatic carbocycles. The highest BCUT2D eigenvalue weighted by atomic mass is 32.1. The largest absolute Gasteiger partial charge is 0.360 e. The van der Waals surface area contributed by atoms with Gasteiger partial charge in [0.05, 0.1) is 16.2 Å². The van der Waals surface area contributed by atoms with E-state index in [1.807, 2.05) is 37.3 Å². The number of fused-ring (bicyclic) bond motifs is 1. The number of thiophene rings is 1. The van der Waals surface area contributed by atoms with Crippen LogP contribution in [-0.2, 0) is 6.42 Å². The second-order valence-electron chi connectivity index (χ2n) is 5.01. The molecule has 0 aliphatic heterocycles. The van der Waals surface area contributed by atoms with Gasteiger partial charge in [-0.05, 0) is 31.5 Å². The number of hydrazone groups is 1. The molecule has 0 spiro atoms. The van der Waals surface area contributed by atoms with Gasteiger partial charge in [-0.1, -0.05) is 25.1 Å². The second-order valence-corrected chi connectivity index (χ2v) is 6.17. The van der Waals surface area contributed by atoms with E-state index in [9.17, 15) is 4.79 Å². The Morgan fingerprint density at radius 1 is 1.27 bits per heavy atom. The molecule has 0 aliphatic carbocycles. The highest BCUT2D eigenvalue weighted by Crippen LogP contribution is 2.19. The number of aromatic amines is 1. The summed E-state index contributed by atoms with van der Waals surface area (Å²) < 4.78 is 0. The molecule has 0 unspecified atom stereocenters. The molecule has 0 saturated carbocycles. The number of carbonyl (C=O) groups excluding carboxylic acids is 1. The molecular weight excluding hydrogens is 294 g/mol. The molecule has 3 aromatic rings. The fraction of sp³-hybridized carbons (Fsp3) is 0.176. The number of para-hydroxylation sites is 1. The number of carbonyl (C=O) groups is 1. The van der Waals surface area contributed by atoms with Crippen LogP contribution < -0.4 is 5.43 Å². The van der Waals surface area contributed by atoms with Crippen molar-refractivity contribution in [3.63, 3.8) is 0 Å². The van der Waals surface area contributed by atoms with Gasteiger partial charge in [-0.15, -0.1) is 11.3 Å². The predicted octanol–water partition coefficient (Wildman–Crippen LogP) is 3.95. The van der Waals surface area contributed by atoms with Crippen LogP contribution in [-0.4, -0.2) is 16.6 Å². The Labute approximate surface area is 132 Å². The lowest BCUT2D eigenvalue weighted by atomic mass is 10.2. The van der Waals surface area contributed by atoms with Crippen molar-refractivity contribution in [1.82, 2.24) is 10.4 Å². The van der Waals surface area contributed by atoms with Crippen molar-refractivity contribution >= 4 is 33.9 Å². The summed E-state index contributed by atoms with van der Waals surface area (Å²) in [5, 5.41) is 5.12. The summed E-state index contributed by atoms with van der Waals surface area (Å²) in [6, 6.07) is 11.9. The summed E-state index contributed by atoms with van der Waals surface area (Å²) in [5.41, 5.74) is 5.00. The van der Waals surface area contributed by atoms with Crippen LogP contribution in [0.1, 0.15) is 34.0 Å². The van der Waals surface area contributed by atoms with E-state index in [0.717, 1.165) is 27.9 Å². The smallest absolute Gasteiger partial charge is 0.273 e. The second kappa shape index (κ2) is 6.15. The minimum atomic E-state index is -0.205. The van der Waals surface area contributed by atoms with Crippen LogP contribution in [0.5, 0.6) is 0 Å². The van der Waals surface area contributed by atoms with Crippen molar-refractivity contribution in [2.45, 2.75) is 20.3 Å². The first-order valence-corrected chi connectivity index (χ1v) is 8.00. The minimum Gasteiger partial charge on any atom is -0.360 e. The van der Waals surface area contributed by atoms with Gasteiger partial charge >= 0.3 is 0 Å². The number of H-pyrrole nitrogens is 1. The first-order chi connectivity index (χ1) is 10.7. The quantitative estimate of drug-likeness (QED) is 0.556. The van der Waals surface area contributed by atoms with Crippen molar-refractivity contribution in [2.75, 3.05) is 0 Å². The highest BCUT2D eigenvalue weighted by Gasteiger charge is 2.11. The zero-order valence-electron chi connectivity index (χ0n) is 12.5. The first kappa shape index (κ1) is 14.5. The van der Waals surface area contributed by atoms with Crippen molar-refractivity contribution in [3.05, 3.63) is 57.9 Å². The number of nitrogens with zero attached hydrogens (tertiary/aromatic N) is 1. The molecule has 2 aromatic heterocycles. The van der Waals surface area contributed by atoms with Gasteiger partial charge in [0.15, 0.2) is 0 Å². The van der Waals surface area contributed by atoms with Crippen LogP contribution in [0, 0.1) is 0 Å². The highest BCUT2D eigenvalue weighted by molar-refractivity contribution is 7.14. The lowest BCUT2D eigenvalue weighted by Gasteiger charge is -2.00. The number of rotatable bonds is 4. The maximum absolute atomic E-state index is 12.3. The maximum Gasteiger partial charge on any atom is 0.273 e. The van der Waals surface area contributed by atoms with Crippen LogP contribution in [0.25, 0.3) is 10.9 Å². The van der Waals surface area contributed by atoms with E-state index in [1.165, 1.54) is 4.88 Å². The molecule has 0 saturated heterocycles. The minimum absolute atomic E-state index is 0.205. The van der Waals surface area contributed by atoms with E-state index >= 15 is 0 Å². The number of aryl methyl sites for hydroxylation is 1. The summed E-state index contributed by atoms with van der Waals surface area (Å²) in [4.78, 5) is 17.8. The molecule has 0 radical (unpaired) electrons. The molecule has 3 rings (SSSR count). The molecule has 5 heteroatoms. The summed E-state index contributed by atoms with van der Waals surface area (Å²) in [5.74, 6) is -0.205. The number of amides is 1. The van der Waals surface area contributed by atoms with Gasteiger partial charge in [-0.2, -0.15) is 5.10 Å². The molecule has 1 amide bonds. The molecule has 0 fully saturated rings. The Kier molecular flexibility index (Phi) is 4.06. The van der Waals surface area contributed by atoms with Crippen LogP contribution >= 0.6 is 11.3 Å². The Hall–Kier alpha value is -2.40. The summed E-state index contributed by atoms with van der Waals surface area (Å²) in [6.07, 6.45) is 2.73. The number of benzene rings is 1. The Morgan fingerprint density at radius 2 is 2.09 bits per heavy atom. The normalized spacial score (nSPS) is 11.8. The van der Waals surface area contributed by atoms with Gasteiger partial charge in [-0.25, -0.2) is 5.43 Å². The van der Waals surface area contributed by atoms with Gasteiger partial charge in [-0.3, -0.25) is 4.79 Å². The van der Waals surface area contributed by atoms with Crippen LogP contribution in [0.2, 0.25) is 0 Å². The molecule has 0 atom stereocenters. The molecule has 0 bridgehead atoms. The summed E-state index contributed by atoms with van der Waals surface area (Å²) >= 11 is 1.70. The Bertz CT molecular complexity index is 844. The lowest BCUT2D eigenvalue weighted by molar-refractivity contribution is 0.0956. The topological polar surface area (TPSA) is 57.2 Å². The fourth-order valence-electron chi connectivity index (χ4n) is 2.27. The Morgan fingerprint density at radius 3 is 2.86 bits per heavy atom. The zero-order valence-corrected chi connectivity index (χ0v) is 13.3. The molecule has 112 valence electrons. The third-order valence-corrected chi connectivity index (χ3v) is 4.86. The molecule has 2 heterocycles. The fourth-order valence-corrected chi connectivity index (χ4v) is 3.16. The van der Waals surface area contributed by atoms with E-state index in [0.29, 0.717) is 5.56 Å². The molecule has 4 nitrogen and oxygen atoms in total. The van der Waals surface area contributed by atoms with Gasteiger partial charge in [0.1, 0.15) is 0 Å². The van der Waals surface area contributed by atoms with Gasteiger partial charge in [0.25, 0.3) is 5.91 Å². The lowest BCUT2D eigenvalue weighted by Crippen LogP contribution is -2.18. The third kappa shape index (κ3) is 2.80. The zero-order chi connectivity index (χ0) is 15.5. The van der Waals surface area contributed by atoms with E-state index in [1.54, 1.807) is 17.5 Å². The van der Waals surface area contributed by atoms with Crippen molar-refractivity contribution in [1.29, 1.82) is 0 Å². The molecule has 2 N–H and O–H groups in total. The Balaban J connectivity index is 1.78. The number of nitrogens with one attached hydrogen (secondary N) is 2. The van der Waals surface area contributed by atoms with Crippen LogP contribution in [0.3, 0.4) is 0 Å². The van der Waals surface area contributed by atoms with Crippen molar-refractivity contribution < 1.29 is 4.79 Å². The third-order valence-electron chi connectivity index (χ3n) is 3.53. The average molecular weight is 311 g/mol. The molecular formula is C17H17N3OS. The monoisotopic (exact) mass is 311 g/mol. The van der Waals surface area contributed by atoms with E-state index in [2.05, 4.69) is 28.5 Å².